The van der Waals surface area contributed by atoms with Gasteiger partial charge >= 0.3 is 5.97 Å². The first-order valence-electron chi connectivity index (χ1n) is 7.08. The SMILES string of the molecule is CC(=O)C(c1cc[c-]cc1)C(O)(C(=O)O)c1c(F)cc(C)cc1F.[Y]. The molecule has 0 aliphatic rings. The van der Waals surface area contributed by atoms with E-state index in [0.717, 1.165) is 19.1 Å². The van der Waals surface area contributed by atoms with Crippen molar-refractivity contribution in [3.05, 3.63) is 70.8 Å². The van der Waals surface area contributed by atoms with Crippen LogP contribution in [0.25, 0.3) is 0 Å². The Balaban J connectivity index is 0.00000312. The Labute approximate surface area is 168 Å². The summed E-state index contributed by atoms with van der Waals surface area (Å²) in [5, 5.41) is 20.3. The Morgan fingerprint density at radius 3 is 2.04 bits per heavy atom. The van der Waals surface area contributed by atoms with Gasteiger partial charge in [-0.1, -0.05) is 0 Å². The number of halogens is 2. The zero-order chi connectivity index (χ0) is 18.1. The summed E-state index contributed by atoms with van der Waals surface area (Å²) in [7, 11) is 0. The Morgan fingerprint density at radius 1 is 1.16 bits per heavy atom. The molecule has 2 atom stereocenters. The number of aryl methyl sites for hydroxylation is 1. The van der Waals surface area contributed by atoms with Gasteiger partial charge < -0.3 is 10.2 Å². The second kappa shape index (κ2) is 8.26. The van der Waals surface area contributed by atoms with Crippen molar-refractivity contribution in [2.75, 3.05) is 0 Å². The summed E-state index contributed by atoms with van der Waals surface area (Å²) in [5.74, 6) is -6.81. The van der Waals surface area contributed by atoms with Gasteiger partial charge in [-0.2, -0.15) is 30.3 Å². The number of ketones is 1. The van der Waals surface area contributed by atoms with Crippen molar-refractivity contribution in [1.82, 2.24) is 0 Å². The summed E-state index contributed by atoms with van der Waals surface area (Å²) in [6, 6.07) is 10.1. The number of carboxylic acid groups (broad SMARTS) is 1. The second-order valence-electron chi connectivity index (χ2n) is 5.55. The zero-order valence-electron chi connectivity index (χ0n) is 13.6. The van der Waals surface area contributed by atoms with Crippen molar-refractivity contribution in [3.63, 3.8) is 0 Å². The number of hydrogen-bond donors (Lipinski definition) is 2. The van der Waals surface area contributed by atoms with Gasteiger partial charge in [0.15, 0.2) is 0 Å². The van der Waals surface area contributed by atoms with Gasteiger partial charge in [0.2, 0.25) is 5.60 Å². The Morgan fingerprint density at radius 2 is 1.64 bits per heavy atom. The van der Waals surface area contributed by atoms with E-state index in [0.29, 0.717) is 0 Å². The molecule has 0 fully saturated rings. The summed E-state index contributed by atoms with van der Waals surface area (Å²) in [6.07, 6.45) is 0. The van der Waals surface area contributed by atoms with Gasteiger partial charge in [0.25, 0.3) is 0 Å². The molecule has 2 unspecified atom stereocenters. The molecule has 0 aliphatic carbocycles. The number of carboxylic acids is 1. The molecule has 25 heavy (non-hydrogen) atoms. The minimum Gasteiger partial charge on any atom is -0.479 e. The maximum absolute atomic E-state index is 14.3. The van der Waals surface area contributed by atoms with E-state index in [4.69, 9.17) is 0 Å². The largest absolute Gasteiger partial charge is 0.479 e. The number of Topliss-reactive ketones (excluding diaryl/α,β-unsaturated/α-hetero) is 1. The van der Waals surface area contributed by atoms with E-state index in [1.54, 1.807) is 0 Å². The molecule has 2 N–H and O–H groups in total. The predicted octanol–water partition coefficient (Wildman–Crippen LogP) is 2.72. The Hall–Kier alpha value is -1.50. The van der Waals surface area contributed by atoms with Gasteiger partial charge in [-0.15, -0.1) is 5.56 Å². The molecule has 0 bridgehead atoms. The molecule has 129 valence electrons. The number of benzene rings is 2. The van der Waals surface area contributed by atoms with Crippen LogP contribution in [0.4, 0.5) is 8.78 Å². The van der Waals surface area contributed by atoms with Crippen molar-refractivity contribution < 1.29 is 61.3 Å². The van der Waals surface area contributed by atoms with Crippen LogP contribution in [0, 0.1) is 24.6 Å². The fraction of sp³-hybridized carbons (Fsp3) is 0.222. The molecule has 2 aromatic carbocycles. The van der Waals surface area contributed by atoms with Crippen molar-refractivity contribution >= 4 is 11.8 Å². The van der Waals surface area contributed by atoms with Crippen molar-refractivity contribution in [3.8, 4) is 0 Å². The molecule has 7 heteroatoms. The molecule has 0 aromatic heterocycles. The predicted molar refractivity (Wildman–Crippen MR) is 81.3 cm³/mol. The smallest absolute Gasteiger partial charge is 0.341 e. The first-order chi connectivity index (χ1) is 11.2. The Bertz CT molecular complexity index is 772. The van der Waals surface area contributed by atoms with E-state index in [-0.39, 0.29) is 43.8 Å². The number of aliphatic hydroxyl groups is 1. The molecule has 2 rings (SSSR count). The summed E-state index contributed by atoms with van der Waals surface area (Å²) >= 11 is 0. The van der Waals surface area contributed by atoms with Gasteiger partial charge in [0.05, 0.1) is 11.5 Å². The van der Waals surface area contributed by atoms with Crippen LogP contribution in [0.5, 0.6) is 0 Å². The van der Waals surface area contributed by atoms with Gasteiger partial charge in [0.1, 0.15) is 17.4 Å². The summed E-state index contributed by atoms with van der Waals surface area (Å²) in [6.45, 7) is 2.48. The van der Waals surface area contributed by atoms with Crippen LogP contribution in [0.15, 0.2) is 36.4 Å². The van der Waals surface area contributed by atoms with Crippen LogP contribution in [0.3, 0.4) is 0 Å². The van der Waals surface area contributed by atoms with Crippen LogP contribution in [-0.2, 0) is 47.9 Å². The number of hydrogen-bond acceptors (Lipinski definition) is 3. The van der Waals surface area contributed by atoms with Gasteiger partial charge in [-0.05, 0) is 31.5 Å². The fourth-order valence-corrected chi connectivity index (χ4v) is 2.80. The normalized spacial score (nSPS) is 14.1. The first-order valence-corrected chi connectivity index (χ1v) is 7.08. The quantitative estimate of drug-likeness (QED) is 0.727. The molecule has 2 aromatic rings. The van der Waals surface area contributed by atoms with E-state index in [1.807, 2.05) is 0 Å². The summed E-state index contributed by atoms with van der Waals surface area (Å²) in [5.41, 5.74) is -3.82. The fourth-order valence-electron chi connectivity index (χ4n) is 2.80. The molecule has 0 aliphatic heterocycles. The molecule has 0 spiro atoms. The molecule has 0 amide bonds. The topological polar surface area (TPSA) is 74.6 Å². The average Bonchev–Trinajstić information content (AvgIpc) is 2.46. The molecular weight excluding hydrogens is 407 g/mol. The number of carbonyl (C=O) groups excluding carboxylic acids is 1. The molecule has 0 heterocycles. The van der Waals surface area contributed by atoms with Crippen LogP contribution < -0.4 is 0 Å². The third-order valence-corrected chi connectivity index (χ3v) is 3.80. The molecule has 4 nitrogen and oxygen atoms in total. The van der Waals surface area contributed by atoms with E-state index < -0.39 is 40.5 Å². The van der Waals surface area contributed by atoms with Gasteiger partial charge in [-0.25, -0.2) is 13.6 Å². The van der Waals surface area contributed by atoms with E-state index in [9.17, 15) is 28.6 Å². The van der Waals surface area contributed by atoms with E-state index in [2.05, 4.69) is 6.07 Å². The van der Waals surface area contributed by atoms with Crippen LogP contribution in [0.2, 0.25) is 0 Å². The first kappa shape index (κ1) is 21.5. The van der Waals surface area contributed by atoms with Gasteiger partial charge in [0, 0.05) is 32.7 Å². The van der Waals surface area contributed by atoms with Crippen LogP contribution >= 0.6 is 0 Å². The standard InChI is InChI=1S/C18H15F2O4.Y/c1-10-8-13(19)16(14(20)9-10)18(24,17(22)23)15(11(2)21)12-6-4-3-5-7-12;/h4-9,15,24H,1-2H3,(H,22,23);/q-1;. The van der Waals surface area contributed by atoms with Crippen molar-refractivity contribution in [1.29, 1.82) is 0 Å². The van der Waals surface area contributed by atoms with Crippen molar-refractivity contribution in [2.24, 2.45) is 0 Å². The molecular formula is C18H15F2O4Y-. The number of aliphatic carboxylic acids is 1. The van der Waals surface area contributed by atoms with Crippen LogP contribution in [0.1, 0.15) is 29.5 Å². The number of rotatable bonds is 5. The molecule has 0 saturated heterocycles. The summed E-state index contributed by atoms with van der Waals surface area (Å²) in [4.78, 5) is 23.9. The third-order valence-electron chi connectivity index (χ3n) is 3.80. The van der Waals surface area contributed by atoms with Gasteiger partial charge in [-0.3, -0.25) is 4.79 Å². The minimum absolute atomic E-state index is 0. The Kier molecular flexibility index (Phi) is 7.12. The monoisotopic (exact) mass is 422 g/mol. The third kappa shape index (κ3) is 4.02. The van der Waals surface area contributed by atoms with E-state index in [1.165, 1.54) is 31.2 Å². The zero-order valence-corrected chi connectivity index (χ0v) is 16.4. The molecule has 0 saturated carbocycles. The maximum atomic E-state index is 14.3. The van der Waals surface area contributed by atoms with E-state index >= 15 is 0 Å². The number of carbonyl (C=O) groups is 2. The molecule has 1 radical (unpaired) electrons. The minimum atomic E-state index is -3.09. The second-order valence-corrected chi connectivity index (χ2v) is 5.55. The summed E-state index contributed by atoms with van der Waals surface area (Å²) < 4.78 is 28.7. The van der Waals surface area contributed by atoms with Crippen molar-refractivity contribution in [2.45, 2.75) is 25.4 Å². The average molecular weight is 422 g/mol. The van der Waals surface area contributed by atoms with Crippen LogP contribution in [-0.4, -0.2) is 22.0 Å². The maximum Gasteiger partial charge on any atom is 0.341 e.